The number of carbonyl (C=O) groups excluding carboxylic acids is 1. The average Bonchev–Trinajstić information content (AvgIpc) is 3.20. The molecule has 0 bridgehead atoms. The van der Waals surface area contributed by atoms with Gasteiger partial charge in [-0.3, -0.25) is 9.78 Å². The van der Waals surface area contributed by atoms with E-state index in [2.05, 4.69) is 15.5 Å². The number of hydrogen-bond acceptors (Lipinski definition) is 6. The van der Waals surface area contributed by atoms with Crippen LogP contribution >= 0.6 is 0 Å². The molecular formula is C21H17N3O4. The fourth-order valence-corrected chi connectivity index (χ4v) is 2.70. The molecule has 0 saturated carbocycles. The van der Waals surface area contributed by atoms with Crippen molar-refractivity contribution < 1.29 is 18.8 Å². The Labute approximate surface area is 160 Å². The zero-order valence-corrected chi connectivity index (χ0v) is 15.1. The first-order valence-corrected chi connectivity index (χ1v) is 8.60. The van der Waals surface area contributed by atoms with Crippen molar-refractivity contribution in [3.8, 4) is 22.8 Å². The van der Waals surface area contributed by atoms with Gasteiger partial charge in [-0.05, 0) is 48.5 Å². The van der Waals surface area contributed by atoms with Gasteiger partial charge in [0.25, 0.3) is 5.91 Å². The van der Waals surface area contributed by atoms with Crippen LogP contribution in [0.1, 0.15) is 0 Å². The van der Waals surface area contributed by atoms with Crippen LogP contribution in [0.25, 0.3) is 22.2 Å². The number of aromatic nitrogens is 2. The number of nitrogens with one attached hydrogen (secondary N) is 1. The molecule has 0 atom stereocenters. The van der Waals surface area contributed by atoms with Gasteiger partial charge >= 0.3 is 0 Å². The van der Waals surface area contributed by atoms with E-state index in [1.807, 2.05) is 30.3 Å². The number of hydrogen-bond donors (Lipinski definition) is 1. The molecule has 1 amide bonds. The summed E-state index contributed by atoms with van der Waals surface area (Å²) in [5.74, 6) is 1.83. The third-order valence-electron chi connectivity index (χ3n) is 4.09. The quantitative estimate of drug-likeness (QED) is 0.550. The number of benzene rings is 2. The van der Waals surface area contributed by atoms with Crippen LogP contribution in [0.15, 0.2) is 71.4 Å². The Bertz CT molecular complexity index is 1110. The summed E-state index contributed by atoms with van der Waals surface area (Å²) in [6.45, 7) is -0.143. The van der Waals surface area contributed by atoms with E-state index in [4.69, 9.17) is 14.0 Å². The summed E-state index contributed by atoms with van der Waals surface area (Å²) in [6.07, 6.45) is 1.75. The molecule has 2 aromatic carbocycles. The maximum absolute atomic E-state index is 12.1. The predicted octanol–water partition coefficient (Wildman–Crippen LogP) is 3.92. The van der Waals surface area contributed by atoms with Crippen LogP contribution in [0, 0.1) is 0 Å². The summed E-state index contributed by atoms with van der Waals surface area (Å²) >= 11 is 0. The number of pyridine rings is 1. The summed E-state index contributed by atoms with van der Waals surface area (Å²) in [4.78, 5) is 16.4. The van der Waals surface area contributed by atoms with Gasteiger partial charge in [0.1, 0.15) is 11.5 Å². The van der Waals surface area contributed by atoms with Crippen LogP contribution in [-0.2, 0) is 4.79 Å². The van der Waals surface area contributed by atoms with E-state index in [9.17, 15) is 4.79 Å². The number of ether oxygens (including phenoxy) is 2. The molecule has 2 heterocycles. The number of methoxy groups -OCH3 is 1. The normalized spacial score (nSPS) is 10.6. The van der Waals surface area contributed by atoms with E-state index in [0.29, 0.717) is 17.3 Å². The summed E-state index contributed by atoms with van der Waals surface area (Å²) in [5, 5.41) is 7.55. The third-order valence-corrected chi connectivity index (χ3v) is 4.09. The van der Waals surface area contributed by atoms with Crippen molar-refractivity contribution in [1.29, 1.82) is 0 Å². The topological polar surface area (TPSA) is 86.5 Å². The lowest BCUT2D eigenvalue weighted by atomic mass is 10.1. The standard InChI is InChI=1S/C21H17N3O4/c1-26-16-5-7-17(8-6-16)27-13-21(25)23-20-12-19(28-24-20)15-4-9-18-14(11-15)3-2-10-22-18/h2-12H,13H2,1H3,(H,23,24,25). The van der Waals surface area contributed by atoms with Crippen molar-refractivity contribution in [2.24, 2.45) is 0 Å². The molecule has 4 rings (SSSR count). The Morgan fingerprint density at radius 2 is 1.89 bits per heavy atom. The van der Waals surface area contributed by atoms with Gasteiger partial charge in [-0.2, -0.15) is 0 Å². The molecule has 0 fully saturated rings. The first kappa shape index (κ1) is 17.5. The fourth-order valence-electron chi connectivity index (χ4n) is 2.70. The second-order valence-corrected chi connectivity index (χ2v) is 6.00. The van der Waals surface area contributed by atoms with E-state index in [1.165, 1.54) is 0 Å². The lowest BCUT2D eigenvalue weighted by Crippen LogP contribution is -2.20. The number of rotatable bonds is 6. The van der Waals surface area contributed by atoms with Crippen molar-refractivity contribution in [3.05, 3.63) is 66.9 Å². The number of carbonyl (C=O) groups is 1. The Kier molecular flexibility index (Phi) is 4.88. The van der Waals surface area contributed by atoms with Gasteiger partial charge in [0.05, 0.1) is 12.6 Å². The first-order valence-electron chi connectivity index (χ1n) is 8.60. The lowest BCUT2D eigenvalue weighted by molar-refractivity contribution is -0.118. The molecule has 0 spiro atoms. The highest BCUT2D eigenvalue weighted by atomic mass is 16.5. The van der Waals surface area contributed by atoms with Crippen molar-refractivity contribution >= 4 is 22.6 Å². The Balaban J connectivity index is 1.38. The van der Waals surface area contributed by atoms with Crippen LogP contribution < -0.4 is 14.8 Å². The molecule has 7 heteroatoms. The van der Waals surface area contributed by atoms with Crippen molar-refractivity contribution in [3.63, 3.8) is 0 Å². The minimum Gasteiger partial charge on any atom is -0.497 e. The SMILES string of the molecule is COc1ccc(OCC(=O)Nc2cc(-c3ccc4ncccc4c3)on2)cc1. The summed E-state index contributed by atoms with van der Waals surface area (Å²) in [6, 6.07) is 18.3. The summed E-state index contributed by atoms with van der Waals surface area (Å²) in [5.41, 5.74) is 1.75. The number of amides is 1. The number of fused-ring (bicyclic) bond motifs is 1. The van der Waals surface area contributed by atoms with Crippen LogP contribution in [0.2, 0.25) is 0 Å². The molecule has 2 aromatic heterocycles. The summed E-state index contributed by atoms with van der Waals surface area (Å²) in [7, 11) is 1.59. The van der Waals surface area contributed by atoms with Crippen molar-refractivity contribution in [2.75, 3.05) is 19.0 Å². The third kappa shape index (κ3) is 3.93. The number of anilines is 1. The van der Waals surface area contributed by atoms with Gasteiger partial charge in [-0.25, -0.2) is 0 Å². The van der Waals surface area contributed by atoms with Gasteiger partial charge in [0, 0.05) is 23.2 Å². The largest absolute Gasteiger partial charge is 0.497 e. The molecule has 0 aliphatic heterocycles. The summed E-state index contributed by atoms with van der Waals surface area (Å²) < 4.78 is 15.9. The molecule has 0 radical (unpaired) electrons. The second kappa shape index (κ2) is 7.79. The second-order valence-electron chi connectivity index (χ2n) is 6.00. The van der Waals surface area contributed by atoms with E-state index < -0.39 is 0 Å². The van der Waals surface area contributed by atoms with Gasteiger partial charge < -0.3 is 19.3 Å². The minimum absolute atomic E-state index is 0.143. The van der Waals surface area contributed by atoms with Gasteiger partial charge in [0.15, 0.2) is 18.2 Å². The lowest BCUT2D eigenvalue weighted by Gasteiger charge is -2.06. The van der Waals surface area contributed by atoms with Crippen LogP contribution in [-0.4, -0.2) is 29.8 Å². The fraction of sp³-hybridized carbons (Fsp3) is 0.0952. The highest BCUT2D eigenvalue weighted by Gasteiger charge is 2.11. The van der Waals surface area contributed by atoms with Gasteiger partial charge in [-0.1, -0.05) is 11.2 Å². The Morgan fingerprint density at radius 1 is 1.07 bits per heavy atom. The van der Waals surface area contributed by atoms with Crippen LogP contribution in [0.4, 0.5) is 5.82 Å². The number of nitrogens with zero attached hydrogens (tertiary/aromatic N) is 2. The molecule has 0 aliphatic rings. The van der Waals surface area contributed by atoms with E-state index in [-0.39, 0.29) is 12.5 Å². The molecule has 28 heavy (non-hydrogen) atoms. The molecule has 4 aromatic rings. The Morgan fingerprint density at radius 3 is 2.71 bits per heavy atom. The highest BCUT2D eigenvalue weighted by molar-refractivity contribution is 5.91. The van der Waals surface area contributed by atoms with Gasteiger partial charge in [0.2, 0.25) is 0 Å². The monoisotopic (exact) mass is 375 g/mol. The first-order chi connectivity index (χ1) is 13.7. The minimum atomic E-state index is -0.335. The van der Waals surface area contributed by atoms with E-state index in [1.54, 1.807) is 43.6 Å². The molecule has 0 unspecified atom stereocenters. The van der Waals surface area contributed by atoms with Crippen molar-refractivity contribution in [1.82, 2.24) is 10.1 Å². The van der Waals surface area contributed by atoms with Crippen molar-refractivity contribution in [2.45, 2.75) is 0 Å². The molecule has 7 nitrogen and oxygen atoms in total. The predicted molar refractivity (Wildman–Crippen MR) is 104 cm³/mol. The van der Waals surface area contributed by atoms with Crippen LogP contribution in [0.5, 0.6) is 11.5 Å². The maximum atomic E-state index is 12.1. The molecule has 0 aliphatic carbocycles. The highest BCUT2D eigenvalue weighted by Crippen LogP contribution is 2.25. The van der Waals surface area contributed by atoms with Gasteiger partial charge in [-0.15, -0.1) is 0 Å². The maximum Gasteiger partial charge on any atom is 0.263 e. The zero-order chi connectivity index (χ0) is 19.3. The molecule has 0 saturated heterocycles. The molecule has 140 valence electrons. The van der Waals surface area contributed by atoms with Crippen LogP contribution in [0.3, 0.4) is 0 Å². The molecular weight excluding hydrogens is 358 g/mol. The average molecular weight is 375 g/mol. The van der Waals surface area contributed by atoms with E-state index >= 15 is 0 Å². The molecule has 1 N–H and O–H groups in total. The smallest absolute Gasteiger partial charge is 0.263 e. The zero-order valence-electron chi connectivity index (χ0n) is 15.1. The Hall–Kier alpha value is -3.87. The van der Waals surface area contributed by atoms with E-state index in [0.717, 1.165) is 22.2 Å².